The lowest BCUT2D eigenvalue weighted by molar-refractivity contribution is 0.145. The van der Waals surface area contributed by atoms with E-state index in [1.807, 2.05) is 38.1 Å². The van der Waals surface area contributed by atoms with Crippen LogP contribution in [0, 0.1) is 0 Å². The highest BCUT2D eigenvalue weighted by atomic mass is 16.5. The third-order valence-electron chi connectivity index (χ3n) is 2.65. The molecular weight excluding hydrogens is 242 g/mol. The van der Waals surface area contributed by atoms with Crippen molar-refractivity contribution in [3.05, 3.63) is 29.8 Å². The van der Waals surface area contributed by atoms with E-state index in [0.717, 1.165) is 17.7 Å². The quantitative estimate of drug-likeness (QED) is 0.662. The Bertz CT molecular complexity index is 377. The summed E-state index contributed by atoms with van der Waals surface area (Å²) in [6.07, 6.45) is 0.810. The summed E-state index contributed by atoms with van der Waals surface area (Å²) in [7, 11) is 0. The normalized spacial score (nSPS) is 11.9. The van der Waals surface area contributed by atoms with E-state index in [9.17, 15) is 4.79 Å². The van der Waals surface area contributed by atoms with Gasteiger partial charge in [0.05, 0.1) is 0 Å². The molecule has 19 heavy (non-hydrogen) atoms. The van der Waals surface area contributed by atoms with Gasteiger partial charge in [0, 0.05) is 31.5 Å². The second-order valence-corrected chi connectivity index (χ2v) is 4.34. The molecule has 0 aliphatic carbocycles. The highest BCUT2D eigenvalue weighted by Crippen LogP contribution is 2.13. The van der Waals surface area contributed by atoms with Crippen molar-refractivity contribution in [1.29, 1.82) is 0 Å². The Hall–Kier alpha value is -1.59. The Morgan fingerprint density at radius 2 is 2.05 bits per heavy atom. The van der Waals surface area contributed by atoms with Crippen LogP contribution in [0.25, 0.3) is 0 Å². The summed E-state index contributed by atoms with van der Waals surface area (Å²) in [5.41, 5.74) is 7.56. The number of carbonyl (C=O) groups excluding carboxylic acids is 1. The van der Waals surface area contributed by atoms with Crippen LogP contribution in [0.5, 0.6) is 0 Å². The number of benzene rings is 1. The molecule has 1 rings (SSSR count). The monoisotopic (exact) mass is 265 g/mol. The van der Waals surface area contributed by atoms with Gasteiger partial charge in [0.2, 0.25) is 0 Å². The zero-order valence-corrected chi connectivity index (χ0v) is 11.6. The molecule has 1 unspecified atom stereocenters. The highest BCUT2D eigenvalue weighted by molar-refractivity contribution is 5.89. The molecule has 5 nitrogen and oxygen atoms in total. The van der Waals surface area contributed by atoms with Crippen molar-refractivity contribution in [3.63, 3.8) is 0 Å². The second-order valence-electron chi connectivity index (χ2n) is 4.34. The van der Waals surface area contributed by atoms with Crippen molar-refractivity contribution >= 4 is 11.7 Å². The lowest BCUT2D eigenvalue weighted by atomic mass is 10.1. The Labute approximate surface area is 114 Å². The van der Waals surface area contributed by atoms with E-state index < -0.39 is 0 Å². The van der Waals surface area contributed by atoms with Crippen molar-refractivity contribution in [2.24, 2.45) is 5.73 Å². The molecule has 0 spiro atoms. The summed E-state index contributed by atoms with van der Waals surface area (Å²) in [6, 6.07) is 7.31. The Morgan fingerprint density at radius 3 is 2.63 bits per heavy atom. The number of urea groups is 1. The van der Waals surface area contributed by atoms with E-state index >= 15 is 0 Å². The smallest absolute Gasteiger partial charge is 0.319 e. The van der Waals surface area contributed by atoms with Crippen LogP contribution >= 0.6 is 0 Å². The van der Waals surface area contributed by atoms with Crippen molar-refractivity contribution in [2.75, 3.05) is 25.1 Å². The Balaban J connectivity index is 2.28. The number of anilines is 1. The number of nitrogens with two attached hydrogens (primary N) is 1. The van der Waals surface area contributed by atoms with Gasteiger partial charge in [-0.25, -0.2) is 4.79 Å². The van der Waals surface area contributed by atoms with Gasteiger partial charge in [0.25, 0.3) is 0 Å². The molecule has 0 saturated heterocycles. The first-order valence-corrected chi connectivity index (χ1v) is 6.61. The predicted octanol–water partition coefficient (Wildman–Crippen LogP) is 2.25. The van der Waals surface area contributed by atoms with Gasteiger partial charge >= 0.3 is 6.03 Å². The predicted molar refractivity (Wildman–Crippen MR) is 77.2 cm³/mol. The minimum Gasteiger partial charge on any atom is -0.382 e. The molecule has 1 atom stereocenters. The molecule has 106 valence electrons. The molecule has 4 N–H and O–H groups in total. The van der Waals surface area contributed by atoms with Gasteiger partial charge in [0.15, 0.2) is 0 Å². The number of ether oxygens (including phenoxy) is 1. The number of rotatable bonds is 7. The first kappa shape index (κ1) is 15.5. The molecule has 0 bridgehead atoms. The summed E-state index contributed by atoms with van der Waals surface area (Å²) in [5, 5.41) is 5.54. The Kier molecular flexibility index (Phi) is 6.92. The molecule has 0 saturated carbocycles. The van der Waals surface area contributed by atoms with Crippen LogP contribution in [-0.2, 0) is 4.74 Å². The first-order valence-electron chi connectivity index (χ1n) is 6.61. The van der Waals surface area contributed by atoms with Crippen LogP contribution in [-0.4, -0.2) is 25.8 Å². The van der Waals surface area contributed by atoms with E-state index in [1.165, 1.54) is 0 Å². The molecule has 0 aromatic heterocycles. The van der Waals surface area contributed by atoms with E-state index in [4.69, 9.17) is 10.5 Å². The van der Waals surface area contributed by atoms with Gasteiger partial charge in [0.1, 0.15) is 0 Å². The van der Waals surface area contributed by atoms with Crippen molar-refractivity contribution in [3.8, 4) is 0 Å². The topological polar surface area (TPSA) is 76.4 Å². The fraction of sp³-hybridized carbons (Fsp3) is 0.500. The van der Waals surface area contributed by atoms with Crippen LogP contribution in [0.2, 0.25) is 0 Å². The number of amides is 2. The van der Waals surface area contributed by atoms with Crippen LogP contribution < -0.4 is 16.4 Å². The van der Waals surface area contributed by atoms with Crippen LogP contribution in [0.4, 0.5) is 10.5 Å². The molecule has 1 aromatic carbocycles. The number of hydrogen-bond donors (Lipinski definition) is 3. The lowest BCUT2D eigenvalue weighted by Gasteiger charge is -2.09. The minimum absolute atomic E-state index is 0.00134. The maximum atomic E-state index is 11.6. The van der Waals surface area contributed by atoms with Gasteiger partial charge in [-0.1, -0.05) is 12.1 Å². The molecule has 2 amide bonds. The molecule has 1 aromatic rings. The summed E-state index contributed by atoms with van der Waals surface area (Å²) >= 11 is 0. The highest BCUT2D eigenvalue weighted by Gasteiger charge is 2.02. The van der Waals surface area contributed by atoms with E-state index in [-0.39, 0.29) is 12.1 Å². The fourth-order valence-corrected chi connectivity index (χ4v) is 1.57. The van der Waals surface area contributed by atoms with Crippen LogP contribution in [0.3, 0.4) is 0 Å². The van der Waals surface area contributed by atoms with Crippen molar-refractivity contribution in [2.45, 2.75) is 26.3 Å². The molecule has 0 heterocycles. The summed E-state index contributed by atoms with van der Waals surface area (Å²) in [4.78, 5) is 11.6. The van der Waals surface area contributed by atoms with Gasteiger partial charge in [-0.3, -0.25) is 0 Å². The number of hydrogen-bond acceptors (Lipinski definition) is 3. The third-order valence-corrected chi connectivity index (χ3v) is 2.65. The van der Waals surface area contributed by atoms with Crippen molar-refractivity contribution in [1.82, 2.24) is 5.32 Å². The first-order chi connectivity index (χ1) is 9.13. The van der Waals surface area contributed by atoms with E-state index in [2.05, 4.69) is 10.6 Å². The number of nitrogens with one attached hydrogen (secondary N) is 2. The summed E-state index contributed by atoms with van der Waals surface area (Å²) in [5.74, 6) is 0. The molecule has 0 radical (unpaired) electrons. The maximum Gasteiger partial charge on any atom is 0.319 e. The average molecular weight is 265 g/mol. The molecule has 5 heteroatoms. The van der Waals surface area contributed by atoms with Gasteiger partial charge in [-0.05, 0) is 38.0 Å². The van der Waals surface area contributed by atoms with Crippen LogP contribution in [0.1, 0.15) is 31.9 Å². The zero-order valence-electron chi connectivity index (χ0n) is 11.6. The summed E-state index contributed by atoms with van der Waals surface area (Å²) in [6.45, 7) is 5.85. The van der Waals surface area contributed by atoms with Gasteiger partial charge in [-0.15, -0.1) is 0 Å². The number of carbonyl (C=O) groups is 1. The fourth-order valence-electron chi connectivity index (χ4n) is 1.57. The van der Waals surface area contributed by atoms with Gasteiger partial charge in [-0.2, -0.15) is 0 Å². The van der Waals surface area contributed by atoms with E-state index in [0.29, 0.717) is 19.8 Å². The molecule has 0 aliphatic heterocycles. The van der Waals surface area contributed by atoms with Crippen LogP contribution in [0.15, 0.2) is 24.3 Å². The standard InChI is InChI=1S/C14H23N3O2/c1-3-19-10-4-9-16-14(18)17-13-7-5-12(6-8-13)11(2)15/h5-8,11H,3-4,9-10,15H2,1-2H3,(H2,16,17,18). The zero-order chi connectivity index (χ0) is 14.1. The van der Waals surface area contributed by atoms with Crippen molar-refractivity contribution < 1.29 is 9.53 Å². The minimum atomic E-state index is -0.204. The third kappa shape index (κ3) is 6.22. The second kappa shape index (κ2) is 8.50. The van der Waals surface area contributed by atoms with E-state index in [1.54, 1.807) is 0 Å². The average Bonchev–Trinajstić information content (AvgIpc) is 2.39. The SMILES string of the molecule is CCOCCCNC(=O)Nc1ccc(C(C)N)cc1. The largest absolute Gasteiger partial charge is 0.382 e. The Morgan fingerprint density at radius 1 is 1.37 bits per heavy atom. The molecule has 0 fully saturated rings. The summed E-state index contributed by atoms with van der Waals surface area (Å²) < 4.78 is 5.19. The molecular formula is C14H23N3O2. The molecule has 0 aliphatic rings. The van der Waals surface area contributed by atoms with Gasteiger partial charge < -0.3 is 21.1 Å². The maximum absolute atomic E-state index is 11.6. The lowest BCUT2D eigenvalue weighted by Crippen LogP contribution is -2.30.